The van der Waals surface area contributed by atoms with Crippen molar-refractivity contribution in [2.24, 2.45) is 5.73 Å². The zero-order valence-electron chi connectivity index (χ0n) is 18.2. The summed E-state index contributed by atoms with van der Waals surface area (Å²) in [7, 11) is 0. The number of hydrogen-bond acceptors (Lipinski definition) is 4. The molecule has 174 valence electrons. The second-order valence-corrected chi connectivity index (χ2v) is 7.80. The topological polar surface area (TPSA) is 152 Å². The van der Waals surface area contributed by atoms with Gasteiger partial charge in [-0.3, -0.25) is 15.6 Å². The normalized spacial score (nSPS) is 14.1. The summed E-state index contributed by atoms with van der Waals surface area (Å²) < 4.78 is 0. The van der Waals surface area contributed by atoms with Crippen LogP contribution in [0.15, 0.2) is 54.6 Å². The number of benzene rings is 2. The summed E-state index contributed by atoms with van der Waals surface area (Å²) in [4.78, 5) is 40.1. The van der Waals surface area contributed by atoms with Gasteiger partial charge in [0, 0.05) is 30.8 Å². The number of urea groups is 1. The molecule has 1 atom stereocenters. The SMILES string of the molecule is N=C(N)Nc1cccc(C(=O)NN(C(=O)N2CCCCC2)C(Cc2ccccc2)C(=O)O)c1. The Kier molecular flexibility index (Phi) is 7.85. The number of anilines is 1. The Morgan fingerprint density at radius 2 is 1.76 bits per heavy atom. The summed E-state index contributed by atoms with van der Waals surface area (Å²) in [6.45, 7) is 1.00. The molecule has 3 amide bonds. The fourth-order valence-electron chi connectivity index (χ4n) is 3.69. The van der Waals surface area contributed by atoms with Gasteiger partial charge in [0.25, 0.3) is 5.91 Å². The van der Waals surface area contributed by atoms with E-state index in [0.29, 0.717) is 18.8 Å². The minimum absolute atomic E-state index is 0.0297. The average Bonchev–Trinajstić information content (AvgIpc) is 2.81. The Balaban J connectivity index is 1.88. The van der Waals surface area contributed by atoms with E-state index in [1.165, 1.54) is 12.1 Å². The summed E-state index contributed by atoms with van der Waals surface area (Å²) >= 11 is 0. The highest BCUT2D eigenvalue weighted by atomic mass is 16.4. The van der Waals surface area contributed by atoms with Crippen molar-refractivity contribution in [2.45, 2.75) is 31.7 Å². The predicted molar refractivity (Wildman–Crippen MR) is 124 cm³/mol. The van der Waals surface area contributed by atoms with Crippen LogP contribution in [0, 0.1) is 5.41 Å². The van der Waals surface area contributed by atoms with E-state index in [9.17, 15) is 19.5 Å². The third-order valence-corrected chi connectivity index (χ3v) is 5.33. The van der Waals surface area contributed by atoms with E-state index in [1.54, 1.807) is 41.3 Å². The molecule has 1 saturated heterocycles. The quantitative estimate of drug-likeness (QED) is 0.257. The van der Waals surface area contributed by atoms with Crippen molar-refractivity contribution in [3.63, 3.8) is 0 Å². The lowest BCUT2D eigenvalue weighted by Crippen LogP contribution is -2.60. The third kappa shape index (κ3) is 6.45. The molecular weight excluding hydrogens is 424 g/mol. The molecule has 2 aromatic rings. The Morgan fingerprint density at radius 3 is 2.39 bits per heavy atom. The Labute approximate surface area is 191 Å². The predicted octanol–water partition coefficient (Wildman–Crippen LogP) is 2.24. The Bertz CT molecular complexity index is 1010. The molecule has 33 heavy (non-hydrogen) atoms. The number of rotatable bonds is 6. The second kappa shape index (κ2) is 11.0. The highest BCUT2D eigenvalue weighted by molar-refractivity contribution is 5.98. The summed E-state index contributed by atoms with van der Waals surface area (Å²) in [5, 5.41) is 20.8. The summed E-state index contributed by atoms with van der Waals surface area (Å²) in [6, 6.07) is 13.3. The fourth-order valence-corrected chi connectivity index (χ4v) is 3.69. The number of guanidine groups is 1. The van der Waals surface area contributed by atoms with Gasteiger partial charge in [0.05, 0.1) is 0 Å². The monoisotopic (exact) mass is 452 g/mol. The number of nitrogens with two attached hydrogens (primary N) is 1. The zero-order chi connectivity index (χ0) is 23.8. The number of likely N-dealkylation sites (tertiary alicyclic amines) is 1. The molecule has 1 fully saturated rings. The molecule has 1 unspecified atom stereocenters. The number of aliphatic carboxylic acids is 1. The molecule has 10 nitrogen and oxygen atoms in total. The first-order chi connectivity index (χ1) is 15.8. The lowest BCUT2D eigenvalue weighted by molar-refractivity contribution is -0.143. The van der Waals surface area contributed by atoms with Crippen LogP contribution in [-0.4, -0.2) is 58.0 Å². The highest BCUT2D eigenvalue weighted by Crippen LogP contribution is 2.16. The number of hydrogen-bond donors (Lipinski definition) is 5. The molecule has 10 heteroatoms. The summed E-state index contributed by atoms with van der Waals surface area (Å²) in [5.41, 5.74) is 9.20. The molecule has 0 saturated carbocycles. The molecule has 0 aliphatic carbocycles. The van der Waals surface area contributed by atoms with E-state index in [4.69, 9.17) is 11.1 Å². The van der Waals surface area contributed by atoms with E-state index in [0.717, 1.165) is 29.8 Å². The number of carbonyl (C=O) groups is 3. The first kappa shape index (κ1) is 23.6. The largest absolute Gasteiger partial charge is 0.480 e. The van der Waals surface area contributed by atoms with Crippen molar-refractivity contribution < 1.29 is 19.5 Å². The van der Waals surface area contributed by atoms with Crippen LogP contribution in [-0.2, 0) is 11.2 Å². The van der Waals surface area contributed by atoms with Crippen LogP contribution < -0.4 is 16.5 Å². The maximum Gasteiger partial charge on any atom is 0.339 e. The van der Waals surface area contributed by atoms with Gasteiger partial charge in [-0.15, -0.1) is 0 Å². The van der Waals surface area contributed by atoms with Crippen LogP contribution in [0.5, 0.6) is 0 Å². The van der Waals surface area contributed by atoms with E-state index in [1.807, 2.05) is 6.07 Å². The second-order valence-electron chi connectivity index (χ2n) is 7.80. The molecule has 6 N–H and O–H groups in total. The molecule has 0 bridgehead atoms. The minimum atomic E-state index is -1.30. The van der Waals surface area contributed by atoms with Crippen LogP contribution >= 0.6 is 0 Å². The number of carbonyl (C=O) groups excluding carboxylic acids is 2. The third-order valence-electron chi connectivity index (χ3n) is 5.33. The Hall–Kier alpha value is -4.08. The van der Waals surface area contributed by atoms with Gasteiger partial charge in [-0.1, -0.05) is 36.4 Å². The number of nitrogens with zero attached hydrogens (tertiary/aromatic N) is 2. The zero-order valence-corrected chi connectivity index (χ0v) is 18.2. The van der Waals surface area contributed by atoms with Gasteiger partial charge < -0.3 is 21.1 Å². The van der Waals surface area contributed by atoms with Crippen LogP contribution in [0.25, 0.3) is 0 Å². The van der Waals surface area contributed by atoms with E-state index >= 15 is 0 Å². The van der Waals surface area contributed by atoms with Gasteiger partial charge in [0.1, 0.15) is 0 Å². The Morgan fingerprint density at radius 1 is 1.06 bits per heavy atom. The molecular formula is C23H28N6O4. The molecule has 1 heterocycles. The number of nitrogens with one attached hydrogen (secondary N) is 3. The van der Waals surface area contributed by atoms with Crippen molar-refractivity contribution in [3.05, 3.63) is 65.7 Å². The molecule has 1 aliphatic rings. The van der Waals surface area contributed by atoms with Crippen LogP contribution in [0.1, 0.15) is 35.2 Å². The van der Waals surface area contributed by atoms with Crippen molar-refractivity contribution in [1.82, 2.24) is 15.3 Å². The van der Waals surface area contributed by atoms with Crippen molar-refractivity contribution in [2.75, 3.05) is 18.4 Å². The number of carboxylic acids is 1. The van der Waals surface area contributed by atoms with Gasteiger partial charge >= 0.3 is 12.0 Å². The molecule has 0 spiro atoms. The number of amides is 3. The van der Waals surface area contributed by atoms with Gasteiger partial charge in [0.15, 0.2) is 12.0 Å². The standard InChI is InChI=1S/C23H28N6O4/c24-22(25)26-18-11-7-10-17(15-18)20(30)27-29(23(33)28-12-5-2-6-13-28)19(21(31)32)14-16-8-3-1-4-9-16/h1,3-4,7-11,15,19H,2,5-6,12-14H2,(H,27,30)(H,31,32)(H4,24,25,26). The van der Waals surface area contributed by atoms with Crippen molar-refractivity contribution >= 4 is 29.6 Å². The number of piperidine rings is 1. The molecule has 1 aliphatic heterocycles. The van der Waals surface area contributed by atoms with Gasteiger partial charge in [-0.05, 0) is 43.0 Å². The maximum absolute atomic E-state index is 13.3. The van der Waals surface area contributed by atoms with Gasteiger partial charge in [-0.25, -0.2) is 14.6 Å². The van der Waals surface area contributed by atoms with Crippen molar-refractivity contribution in [1.29, 1.82) is 5.41 Å². The summed E-state index contributed by atoms with van der Waals surface area (Å²) in [6.07, 6.45) is 2.67. The fraction of sp³-hybridized carbons (Fsp3) is 0.304. The first-order valence-corrected chi connectivity index (χ1v) is 10.7. The summed E-state index contributed by atoms with van der Waals surface area (Å²) in [5.74, 6) is -2.16. The van der Waals surface area contributed by atoms with Crippen LogP contribution in [0.4, 0.5) is 10.5 Å². The minimum Gasteiger partial charge on any atom is -0.480 e. The molecule has 3 rings (SSSR count). The molecule has 2 aromatic carbocycles. The van der Waals surface area contributed by atoms with E-state index in [2.05, 4.69) is 10.7 Å². The van der Waals surface area contributed by atoms with Crippen LogP contribution in [0.2, 0.25) is 0 Å². The average molecular weight is 453 g/mol. The van der Waals surface area contributed by atoms with E-state index in [-0.39, 0.29) is 17.9 Å². The molecule has 0 aromatic heterocycles. The molecule has 0 radical (unpaired) electrons. The maximum atomic E-state index is 13.3. The highest BCUT2D eigenvalue weighted by Gasteiger charge is 2.35. The number of hydrazine groups is 1. The lowest BCUT2D eigenvalue weighted by atomic mass is 10.1. The first-order valence-electron chi connectivity index (χ1n) is 10.7. The van der Waals surface area contributed by atoms with Gasteiger partial charge in [-0.2, -0.15) is 0 Å². The van der Waals surface area contributed by atoms with E-state index < -0.39 is 23.9 Å². The van der Waals surface area contributed by atoms with Gasteiger partial charge in [0.2, 0.25) is 0 Å². The smallest absolute Gasteiger partial charge is 0.339 e. The van der Waals surface area contributed by atoms with Crippen LogP contribution in [0.3, 0.4) is 0 Å². The van der Waals surface area contributed by atoms with Crippen molar-refractivity contribution in [3.8, 4) is 0 Å². The number of carboxylic acid groups (broad SMARTS) is 1. The lowest BCUT2D eigenvalue weighted by Gasteiger charge is -2.35.